The van der Waals surface area contributed by atoms with Crippen molar-refractivity contribution in [1.82, 2.24) is 10.0 Å². The van der Waals surface area contributed by atoms with E-state index >= 15 is 0 Å². The first kappa shape index (κ1) is 21.7. The van der Waals surface area contributed by atoms with Gasteiger partial charge in [0.25, 0.3) is 0 Å². The normalized spacial score (nSPS) is 11.8. The first-order valence-corrected chi connectivity index (χ1v) is 9.78. The monoisotopic (exact) mass is 414 g/mol. The molecule has 7 heteroatoms. The van der Waals surface area contributed by atoms with Gasteiger partial charge in [-0.2, -0.15) is 0 Å². The van der Waals surface area contributed by atoms with Crippen molar-refractivity contribution >= 4 is 38.2 Å². The van der Waals surface area contributed by atoms with Crippen molar-refractivity contribution in [2.24, 2.45) is 0 Å². The molecule has 0 saturated heterocycles. The zero-order valence-corrected chi connectivity index (χ0v) is 19.4. The number of para-hydroxylation sites is 1. The van der Waals surface area contributed by atoms with Crippen molar-refractivity contribution in [2.45, 2.75) is 19.4 Å². The molecule has 4 rings (SSSR count). The van der Waals surface area contributed by atoms with Gasteiger partial charge in [0.05, 0.1) is 16.1 Å². The van der Waals surface area contributed by atoms with Crippen LogP contribution in [0.25, 0.3) is 21.0 Å². The third-order valence-electron chi connectivity index (χ3n) is 4.72. The number of ether oxygens (including phenoxy) is 1. The van der Waals surface area contributed by atoms with Gasteiger partial charge >= 0.3 is 29.6 Å². The van der Waals surface area contributed by atoms with Gasteiger partial charge in [0, 0.05) is 0 Å². The number of hydroxylamine groups is 2. The molecule has 1 amide bonds. The summed E-state index contributed by atoms with van der Waals surface area (Å²) in [5, 5.41) is 14.6. The molecule has 0 bridgehead atoms. The fraction of sp³-hybridized carbons (Fsp3) is 0.182. The fourth-order valence-electron chi connectivity index (χ4n) is 3.14. The summed E-state index contributed by atoms with van der Waals surface area (Å²) in [6.07, 6.45) is 0. The maximum absolute atomic E-state index is 11.9. The predicted octanol–water partition coefficient (Wildman–Crippen LogP) is 2.09. The van der Waals surface area contributed by atoms with E-state index in [1.54, 1.807) is 18.3 Å². The average molecular weight is 414 g/mol. The van der Waals surface area contributed by atoms with E-state index in [0.29, 0.717) is 11.7 Å². The molecular formula is C22H19N2NaO3S. The molecule has 0 aliphatic carbocycles. The Kier molecular flexibility index (Phi) is 6.93. The SMILES string of the molecule is C[C@@H](C(=O)N(C)[O-])c1ccc2cc(OCc3nc4ccccc4s3)ccc2c1.[Na+]. The molecule has 0 saturated carbocycles. The quantitative estimate of drug-likeness (QED) is 0.371. The number of carbonyl (C=O) groups is 1. The van der Waals surface area contributed by atoms with E-state index in [9.17, 15) is 10.0 Å². The smallest absolute Gasteiger partial charge is 0.756 e. The standard InChI is InChI=1S/C22H19N2O3S.Na/c1-14(22(25)24(2)26)15-7-8-17-12-18(10-9-16(17)11-15)27-13-21-23-19-5-3-4-6-20(19)28-21;/h3-12,14H,13H2,1-2H3;/q-1;+1/t14-;/m1./s1. The Bertz CT molecular complexity index is 1130. The molecule has 0 unspecified atom stereocenters. The molecule has 0 aliphatic rings. The van der Waals surface area contributed by atoms with E-state index in [1.165, 1.54) is 7.05 Å². The van der Waals surface area contributed by atoms with E-state index in [1.807, 2.05) is 54.6 Å². The van der Waals surface area contributed by atoms with Crippen molar-refractivity contribution in [3.05, 3.63) is 76.4 Å². The predicted molar refractivity (Wildman–Crippen MR) is 112 cm³/mol. The second kappa shape index (κ2) is 9.24. The minimum Gasteiger partial charge on any atom is -0.756 e. The van der Waals surface area contributed by atoms with Crippen molar-refractivity contribution < 1.29 is 39.1 Å². The first-order valence-electron chi connectivity index (χ1n) is 8.97. The van der Waals surface area contributed by atoms with Crippen LogP contribution < -0.4 is 34.3 Å². The molecule has 0 fully saturated rings. The summed E-state index contributed by atoms with van der Waals surface area (Å²) in [6, 6.07) is 19.7. The van der Waals surface area contributed by atoms with Crippen LogP contribution in [0.5, 0.6) is 5.75 Å². The summed E-state index contributed by atoms with van der Waals surface area (Å²) in [7, 11) is 1.23. The minimum absolute atomic E-state index is 0. The Hall–Kier alpha value is -1.96. The minimum atomic E-state index is -0.470. The summed E-state index contributed by atoms with van der Waals surface area (Å²) in [5.74, 6) is -0.153. The van der Waals surface area contributed by atoms with Crippen LogP contribution in [-0.2, 0) is 11.4 Å². The topological polar surface area (TPSA) is 65.5 Å². The third-order valence-corrected chi connectivity index (χ3v) is 5.73. The van der Waals surface area contributed by atoms with Crippen molar-refractivity contribution in [3.8, 4) is 5.75 Å². The molecule has 1 atom stereocenters. The number of carbonyl (C=O) groups excluding carboxylic acids is 1. The summed E-state index contributed by atoms with van der Waals surface area (Å²) >= 11 is 1.63. The number of thiazole rings is 1. The number of hydrogen-bond acceptors (Lipinski definition) is 5. The number of fused-ring (bicyclic) bond motifs is 2. The molecule has 3 aromatic carbocycles. The second-order valence-electron chi connectivity index (χ2n) is 6.69. The molecule has 1 heterocycles. The van der Waals surface area contributed by atoms with Gasteiger partial charge < -0.3 is 15.0 Å². The Morgan fingerprint density at radius 1 is 1.14 bits per heavy atom. The fourth-order valence-corrected chi connectivity index (χ4v) is 4.02. The maximum atomic E-state index is 11.9. The zero-order valence-electron chi connectivity index (χ0n) is 16.6. The largest absolute Gasteiger partial charge is 1.00 e. The first-order chi connectivity index (χ1) is 13.5. The average Bonchev–Trinajstić information content (AvgIpc) is 3.13. The summed E-state index contributed by atoms with van der Waals surface area (Å²) in [5.41, 5.74) is 1.81. The molecule has 29 heavy (non-hydrogen) atoms. The summed E-state index contributed by atoms with van der Waals surface area (Å²) in [6.45, 7) is 2.16. The molecule has 5 nitrogen and oxygen atoms in total. The molecule has 0 N–H and O–H groups in total. The number of rotatable bonds is 5. The Morgan fingerprint density at radius 3 is 2.62 bits per heavy atom. The molecule has 142 valence electrons. The summed E-state index contributed by atoms with van der Waals surface area (Å²) in [4.78, 5) is 16.5. The molecule has 0 aliphatic heterocycles. The third kappa shape index (κ3) is 4.79. The maximum Gasteiger partial charge on any atom is 1.00 e. The number of likely N-dealkylation sites (N-methyl/N-ethyl adjacent to an activating group) is 1. The second-order valence-corrected chi connectivity index (χ2v) is 7.80. The van der Waals surface area contributed by atoms with Gasteiger partial charge in [-0.3, -0.25) is 4.79 Å². The van der Waals surface area contributed by atoms with Gasteiger partial charge in [0.15, 0.2) is 0 Å². The van der Waals surface area contributed by atoms with Crippen LogP contribution in [-0.4, -0.2) is 23.0 Å². The van der Waals surface area contributed by atoms with E-state index in [2.05, 4.69) is 11.1 Å². The van der Waals surface area contributed by atoms with Crippen LogP contribution in [0, 0.1) is 5.21 Å². The number of hydrogen-bond donors (Lipinski definition) is 0. The van der Waals surface area contributed by atoms with Gasteiger partial charge in [-0.05, 0) is 54.6 Å². The molecule has 4 aromatic rings. The van der Waals surface area contributed by atoms with Crippen LogP contribution in [0.3, 0.4) is 0 Å². The van der Waals surface area contributed by atoms with Crippen LogP contribution in [0.1, 0.15) is 23.4 Å². The van der Waals surface area contributed by atoms with E-state index in [-0.39, 0.29) is 29.6 Å². The number of nitrogens with zero attached hydrogens (tertiary/aromatic N) is 2. The van der Waals surface area contributed by atoms with Gasteiger partial charge in [0.2, 0.25) is 5.91 Å². The van der Waals surface area contributed by atoms with Crippen LogP contribution in [0.2, 0.25) is 0 Å². The Morgan fingerprint density at radius 2 is 1.86 bits per heavy atom. The Balaban J connectivity index is 0.00000240. The zero-order chi connectivity index (χ0) is 19.7. The van der Waals surface area contributed by atoms with E-state index in [0.717, 1.165) is 37.3 Å². The van der Waals surface area contributed by atoms with Crippen molar-refractivity contribution in [2.75, 3.05) is 7.05 Å². The van der Waals surface area contributed by atoms with E-state index in [4.69, 9.17) is 4.74 Å². The van der Waals surface area contributed by atoms with Crippen LogP contribution in [0.15, 0.2) is 60.7 Å². The number of benzene rings is 3. The van der Waals surface area contributed by atoms with Gasteiger partial charge in [-0.1, -0.05) is 36.4 Å². The molecule has 0 radical (unpaired) electrons. The van der Waals surface area contributed by atoms with Gasteiger partial charge in [0.1, 0.15) is 17.4 Å². The molecule has 1 aromatic heterocycles. The van der Waals surface area contributed by atoms with Crippen molar-refractivity contribution in [1.29, 1.82) is 0 Å². The number of aromatic nitrogens is 1. The molecule has 0 spiro atoms. The van der Waals surface area contributed by atoms with Crippen molar-refractivity contribution in [3.63, 3.8) is 0 Å². The van der Waals surface area contributed by atoms with E-state index < -0.39 is 11.8 Å². The van der Waals surface area contributed by atoms with Gasteiger partial charge in [-0.15, -0.1) is 11.3 Å². The van der Waals surface area contributed by atoms with Crippen LogP contribution >= 0.6 is 11.3 Å². The number of amides is 1. The molecular weight excluding hydrogens is 395 g/mol. The van der Waals surface area contributed by atoms with Crippen LogP contribution in [0.4, 0.5) is 0 Å². The van der Waals surface area contributed by atoms with Gasteiger partial charge in [-0.25, -0.2) is 4.98 Å². The summed E-state index contributed by atoms with van der Waals surface area (Å²) < 4.78 is 7.08. The Labute approximate surface area is 195 Å².